The topological polar surface area (TPSA) is 89.3 Å². The van der Waals surface area contributed by atoms with Crippen LogP contribution in [-0.2, 0) is 11.2 Å². The van der Waals surface area contributed by atoms with Gasteiger partial charge in [-0.1, -0.05) is 13.8 Å². The number of anilines is 1. The van der Waals surface area contributed by atoms with E-state index in [2.05, 4.69) is 22.7 Å². The average Bonchev–Trinajstić information content (AvgIpc) is 2.99. The number of carbonyl (C=O) groups excluding carboxylic acids is 1. The molecule has 1 aliphatic heterocycles. The third kappa shape index (κ3) is 3.92. The van der Waals surface area contributed by atoms with Crippen molar-refractivity contribution in [2.24, 2.45) is 11.8 Å². The minimum Gasteiger partial charge on any atom is -0.378 e. The quantitative estimate of drug-likeness (QED) is 0.546. The summed E-state index contributed by atoms with van der Waals surface area (Å²) in [5.74, 6) is 6.21. The highest BCUT2D eigenvalue weighted by Crippen LogP contribution is 2.22. The number of nitrogens with two attached hydrogens (primary N) is 1. The molecule has 21 heavy (non-hydrogen) atoms. The second-order valence-electron chi connectivity index (χ2n) is 5.31. The van der Waals surface area contributed by atoms with E-state index in [-0.39, 0.29) is 12.0 Å². The molecule has 6 heteroatoms. The number of aryl methyl sites for hydroxylation is 1. The summed E-state index contributed by atoms with van der Waals surface area (Å²) in [7, 11) is 0. The number of hydrogen-bond donors (Lipinski definition) is 3. The van der Waals surface area contributed by atoms with Gasteiger partial charge in [-0.15, -0.1) is 0 Å². The van der Waals surface area contributed by atoms with E-state index in [0.717, 1.165) is 31.6 Å². The molecule has 1 aromatic rings. The van der Waals surface area contributed by atoms with E-state index in [1.165, 1.54) is 0 Å². The van der Waals surface area contributed by atoms with Crippen LogP contribution in [0, 0.1) is 5.92 Å². The second kappa shape index (κ2) is 7.38. The molecule has 1 aliphatic rings. The predicted octanol–water partition coefficient (Wildman–Crippen LogP) is 1.47. The zero-order chi connectivity index (χ0) is 15.2. The number of hydrogen-bond acceptors (Lipinski definition) is 5. The van der Waals surface area contributed by atoms with Gasteiger partial charge in [0.15, 0.2) is 0 Å². The molecule has 2 rings (SSSR count). The highest BCUT2D eigenvalue weighted by atomic mass is 16.5. The molecule has 1 fully saturated rings. The summed E-state index contributed by atoms with van der Waals surface area (Å²) in [6.07, 6.45) is 3.00. The lowest BCUT2D eigenvalue weighted by Gasteiger charge is -2.17. The molecule has 0 bridgehead atoms. The zero-order valence-electron chi connectivity index (χ0n) is 12.7. The largest absolute Gasteiger partial charge is 0.378 e. The van der Waals surface area contributed by atoms with Crippen molar-refractivity contribution in [3.05, 3.63) is 23.4 Å². The van der Waals surface area contributed by atoms with Crippen LogP contribution in [0.2, 0.25) is 0 Å². The van der Waals surface area contributed by atoms with Crippen LogP contribution in [0.15, 0.2) is 12.1 Å². The Morgan fingerprint density at radius 1 is 1.48 bits per heavy atom. The molecule has 1 amide bonds. The molecule has 0 spiro atoms. The molecule has 1 saturated heterocycles. The minimum atomic E-state index is -0.0923. The van der Waals surface area contributed by atoms with Crippen molar-refractivity contribution in [1.29, 1.82) is 0 Å². The number of aromatic nitrogens is 1. The fourth-order valence-electron chi connectivity index (χ4n) is 2.68. The molecular formula is C15H24N4O2. The number of nitrogens with one attached hydrogen (secondary N) is 2. The molecule has 1 aromatic heterocycles. The number of amides is 1. The Kier molecular flexibility index (Phi) is 5.52. The van der Waals surface area contributed by atoms with Gasteiger partial charge in [-0.3, -0.25) is 4.79 Å². The number of hydrazine groups is 1. The van der Waals surface area contributed by atoms with Gasteiger partial charge in [-0.05, 0) is 31.4 Å². The Morgan fingerprint density at radius 2 is 2.29 bits per heavy atom. The maximum atomic E-state index is 12.3. The SMILES string of the molecule is CCc1cc(C(=O)NCC2CCOC2CC)cc(NN)n1. The van der Waals surface area contributed by atoms with E-state index in [1.54, 1.807) is 12.1 Å². The van der Waals surface area contributed by atoms with Gasteiger partial charge in [0.25, 0.3) is 5.91 Å². The lowest BCUT2D eigenvalue weighted by Crippen LogP contribution is -2.32. The third-order valence-corrected chi connectivity index (χ3v) is 3.92. The highest BCUT2D eigenvalue weighted by molar-refractivity contribution is 5.95. The zero-order valence-corrected chi connectivity index (χ0v) is 12.7. The van der Waals surface area contributed by atoms with Gasteiger partial charge in [0.1, 0.15) is 5.82 Å². The van der Waals surface area contributed by atoms with Crippen LogP contribution in [-0.4, -0.2) is 30.1 Å². The van der Waals surface area contributed by atoms with Gasteiger partial charge in [-0.2, -0.15) is 0 Å². The molecule has 0 aromatic carbocycles. The predicted molar refractivity (Wildman–Crippen MR) is 81.9 cm³/mol. The number of ether oxygens (including phenoxy) is 1. The van der Waals surface area contributed by atoms with Crippen molar-refractivity contribution in [2.75, 3.05) is 18.6 Å². The molecule has 4 N–H and O–H groups in total. The van der Waals surface area contributed by atoms with Crippen LogP contribution in [0.4, 0.5) is 5.82 Å². The maximum Gasteiger partial charge on any atom is 0.251 e. The van der Waals surface area contributed by atoms with Crippen LogP contribution in [0.3, 0.4) is 0 Å². The summed E-state index contributed by atoms with van der Waals surface area (Å²) >= 11 is 0. The Hall–Kier alpha value is -1.66. The van der Waals surface area contributed by atoms with Gasteiger partial charge in [0.05, 0.1) is 6.10 Å². The van der Waals surface area contributed by atoms with Crippen LogP contribution >= 0.6 is 0 Å². The molecule has 2 heterocycles. The number of carbonyl (C=O) groups is 1. The van der Waals surface area contributed by atoms with Crippen molar-refractivity contribution >= 4 is 11.7 Å². The first kappa shape index (κ1) is 15.7. The first-order valence-electron chi connectivity index (χ1n) is 7.55. The van der Waals surface area contributed by atoms with Gasteiger partial charge in [0, 0.05) is 30.3 Å². The van der Waals surface area contributed by atoms with Crippen molar-refractivity contribution in [3.8, 4) is 0 Å². The van der Waals surface area contributed by atoms with E-state index in [4.69, 9.17) is 10.6 Å². The Labute approximate surface area is 125 Å². The lowest BCUT2D eigenvalue weighted by molar-refractivity contribution is 0.0827. The monoisotopic (exact) mass is 292 g/mol. The highest BCUT2D eigenvalue weighted by Gasteiger charge is 2.27. The van der Waals surface area contributed by atoms with E-state index >= 15 is 0 Å². The summed E-state index contributed by atoms with van der Waals surface area (Å²) in [4.78, 5) is 16.6. The van der Waals surface area contributed by atoms with E-state index < -0.39 is 0 Å². The normalized spacial score (nSPS) is 21.3. The number of nitrogens with zero attached hydrogens (tertiary/aromatic N) is 1. The number of nitrogen functional groups attached to an aromatic ring is 1. The van der Waals surface area contributed by atoms with E-state index in [9.17, 15) is 4.79 Å². The van der Waals surface area contributed by atoms with Gasteiger partial charge >= 0.3 is 0 Å². The molecule has 2 atom stereocenters. The summed E-state index contributed by atoms with van der Waals surface area (Å²) in [5, 5.41) is 2.99. The fraction of sp³-hybridized carbons (Fsp3) is 0.600. The summed E-state index contributed by atoms with van der Waals surface area (Å²) in [6.45, 7) is 5.54. The Balaban J connectivity index is 1.99. The molecule has 0 radical (unpaired) electrons. The maximum absolute atomic E-state index is 12.3. The van der Waals surface area contributed by atoms with E-state index in [1.807, 2.05) is 6.92 Å². The first-order chi connectivity index (χ1) is 10.2. The van der Waals surface area contributed by atoms with Crippen molar-refractivity contribution < 1.29 is 9.53 Å². The average molecular weight is 292 g/mol. The summed E-state index contributed by atoms with van der Waals surface area (Å²) in [5.41, 5.74) is 3.92. The minimum absolute atomic E-state index is 0.0923. The molecule has 6 nitrogen and oxygen atoms in total. The van der Waals surface area contributed by atoms with Crippen molar-refractivity contribution in [3.63, 3.8) is 0 Å². The van der Waals surface area contributed by atoms with Crippen LogP contribution in [0.5, 0.6) is 0 Å². The Bertz CT molecular complexity index is 470. The number of rotatable bonds is 6. The molecule has 0 aliphatic carbocycles. The second-order valence-corrected chi connectivity index (χ2v) is 5.31. The summed E-state index contributed by atoms with van der Waals surface area (Å²) in [6, 6.07) is 3.47. The van der Waals surface area contributed by atoms with Gasteiger partial charge in [-0.25, -0.2) is 10.8 Å². The number of pyridine rings is 1. The molecular weight excluding hydrogens is 268 g/mol. The summed E-state index contributed by atoms with van der Waals surface area (Å²) < 4.78 is 5.64. The standard InChI is InChI=1S/C15H24N4O2/c1-3-12-7-11(8-14(18-12)19-16)15(20)17-9-10-5-6-21-13(10)4-2/h7-8,10,13H,3-6,9,16H2,1-2H3,(H,17,20)(H,18,19). The van der Waals surface area contributed by atoms with Crippen LogP contribution < -0.4 is 16.6 Å². The lowest BCUT2D eigenvalue weighted by atomic mass is 9.99. The first-order valence-corrected chi connectivity index (χ1v) is 7.55. The van der Waals surface area contributed by atoms with Crippen LogP contribution in [0.1, 0.15) is 42.7 Å². The van der Waals surface area contributed by atoms with Crippen molar-refractivity contribution in [2.45, 2.75) is 39.2 Å². The third-order valence-electron chi connectivity index (χ3n) is 3.92. The molecule has 116 valence electrons. The van der Waals surface area contributed by atoms with Crippen molar-refractivity contribution in [1.82, 2.24) is 10.3 Å². The molecule has 0 saturated carbocycles. The molecule has 2 unspecified atom stereocenters. The van der Waals surface area contributed by atoms with Gasteiger partial charge < -0.3 is 15.5 Å². The van der Waals surface area contributed by atoms with E-state index in [0.29, 0.717) is 23.8 Å². The van der Waals surface area contributed by atoms with Crippen LogP contribution in [0.25, 0.3) is 0 Å². The Morgan fingerprint density at radius 3 is 2.95 bits per heavy atom. The smallest absolute Gasteiger partial charge is 0.251 e. The fourth-order valence-corrected chi connectivity index (χ4v) is 2.68. The van der Waals surface area contributed by atoms with Gasteiger partial charge in [0.2, 0.25) is 0 Å².